The minimum absolute atomic E-state index is 0.288. The Morgan fingerprint density at radius 2 is 2.00 bits per heavy atom. The summed E-state index contributed by atoms with van der Waals surface area (Å²) in [4.78, 5) is 24.2. The largest absolute Gasteiger partial charge is 0.305 e. The van der Waals surface area contributed by atoms with Crippen molar-refractivity contribution in [2.75, 3.05) is 6.54 Å². The number of carbonyl (C=O) groups is 2. The molecule has 0 N–H and O–H groups in total. The van der Waals surface area contributed by atoms with Gasteiger partial charge in [-0.1, -0.05) is 30.2 Å². The maximum absolute atomic E-state index is 11.7. The normalized spacial score (nSPS) is 14.1. The molecule has 0 aliphatic carbocycles. The second-order valence-corrected chi connectivity index (χ2v) is 3.60. The Bertz CT molecular complexity index is 520. The summed E-state index contributed by atoms with van der Waals surface area (Å²) in [5.74, 6) is 4.50. The standard InChI is InChI=1S/C14H11NO2/c16-13-8-4-5-11-15(13)14(17)10-9-12-6-2-1-3-7-12/h1-4,6-8H,5,11H2. The summed E-state index contributed by atoms with van der Waals surface area (Å²) in [7, 11) is 0. The molecule has 1 aliphatic heterocycles. The van der Waals surface area contributed by atoms with E-state index in [9.17, 15) is 9.59 Å². The second kappa shape index (κ2) is 5.13. The number of hydrogen-bond acceptors (Lipinski definition) is 2. The number of nitrogens with zero attached hydrogens (tertiary/aromatic N) is 1. The van der Waals surface area contributed by atoms with E-state index >= 15 is 0 Å². The van der Waals surface area contributed by atoms with Crippen molar-refractivity contribution < 1.29 is 9.59 Å². The molecular formula is C14H11NO2. The van der Waals surface area contributed by atoms with Gasteiger partial charge in [0.2, 0.25) is 0 Å². The number of amides is 2. The van der Waals surface area contributed by atoms with Crippen LogP contribution in [0.15, 0.2) is 42.5 Å². The van der Waals surface area contributed by atoms with E-state index in [1.807, 2.05) is 30.3 Å². The van der Waals surface area contributed by atoms with Gasteiger partial charge < -0.3 is 0 Å². The quantitative estimate of drug-likeness (QED) is 0.625. The van der Waals surface area contributed by atoms with E-state index in [1.165, 1.54) is 6.08 Å². The molecule has 17 heavy (non-hydrogen) atoms. The van der Waals surface area contributed by atoms with Crippen LogP contribution in [-0.2, 0) is 9.59 Å². The van der Waals surface area contributed by atoms with Crippen molar-refractivity contribution in [3.05, 3.63) is 48.0 Å². The maximum Gasteiger partial charge on any atom is 0.305 e. The fourth-order valence-electron chi connectivity index (χ4n) is 1.50. The first-order chi connectivity index (χ1) is 8.27. The molecule has 84 valence electrons. The van der Waals surface area contributed by atoms with E-state index in [-0.39, 0.29) is 5.91 Å². The molecule has 0 fully saturated rings. The van der Waals surface area contributed by atoms with Crippen molar-refractivity contribution >= 4 is 11.8 Å². The Hall–Kier alpha value is -2.34. The Morgan fingerprint density at radius 3 is 2.71 bits per heavy atom. The van der Waals surface area contributed by atoms with Crippen molar-refractivity contribution in [3.8, 4) is 11.8 Å². The van der Waals surface area contributed by atoms with Crippen LogP contribution in [0.1, 0.15) is 12.0 Å². The van der Waals surface area contributed by atoms with Gasteiger partial charge in [-0.2, -0.15) is 0 Å². The highest BCUT2D eigenvalue weighted by Gasteiger charge is 2.19. The highest BCUT2D eigenvalue weighted by Crippen LogP contribution is 2.03. The van der Waals surface area contributed by atoms with E-state index in [2.05, 4.69) is 11.8 Å². The van der Waals surface area contributed by atoms with Crippen LogP contribution in [0.3, 0.4) is 0 Å². The molecule has 0 spiro atoms. The first-order valence-electron chi connectivity index (χ1n) is 5.36. The van der Waals surface area contributed by atoms with Gasteiger partial charge in [0.25, 0.3) is 5.91 Å². The van der Waals surface area contributed by atoms with Gasteiger partial charge in [-0.25, -0.2) is 0 Å². The van der Waals surface area contributed by atoms with Gasteiger partial charge in [0.05, 0.1) is 0 Å². The Labute approximate surface area is 99.7 Å². The molecule has 0 aromatic heterocycles. The second-order valence-electron chi connectivity index (χ2n) is 3.60. The molecule has 3 nitrogen and oxygen atoms in total. The highest BCUT2D eigenvalue weighted by atomic mass is 16.2. The van der Waals surface area contributed by atoms with Crippen molar-refractivity contribution in [1.29, 1.82) is 0 Å². The molecule has 1 aromatic rings. The summed E-state index contributed by atoms with van der Waals surface area (Å²) < 4.78 is 0. The molecule has 0 atom stereocenters. The van der Waals surface area contributed by atoms with E-state index in [4.69, 9.17) is 0 Å². The lowest BCUT2D eigenvalue weighted by molar-refractivity contribution is -0.138. The third kappa shape index (κ3) is 2.82. The summed E-state index contributed by atoms with van der Waals surface area (Å²) in [5, 5.41) is 0. The minimum Gasteiger partial charge on any atom is -0.269 e. The Morgan fingerprint density at radius 1 is 1.24 bits per heavy atom. The van der Waals surface area contributed by atoms with Gasteiger partial charge in [0.1, 0.15) is 0 Å². The van der Waals surface area contributed by atoms with Gasteiger partial charge in [-0.05, 0) is 24.6 Å². The van der Waals surface area contributed by atoms with Crippen LogP contribution in [0.4, 0.5) is 0 Å². The highest BCUT2D eigenvalue weighted by molar-refractivity contribution is 6.08. The summed E-state index contributed by atoms with van der Waals surface area (Å²) in [6.07, 6.45) is 3.87. The van der Waals surface area contributed by atoms with Crippen LogP contribution in [0.2, 0.25) is 0 Å². The van der Waals surface area contributed by atoms with Crippen molar-refractivity contribution in [3.63, 3.8) is 0 Å². The fraction of sp³-hybridized carbons (Fsp3) is 0.143. The molecule has 2 amide bonds. The van der Waals surface area contributed by atoms with Crippen molar-refractivity contribution in [2.24, 2.45) is 0 Å². The Kier molecular flexibility index (Phi) is 3.37. The molecule has 1 aromatic carbocycles. The van der Waals surface area contributed by atoms with E-state index < -0.39 is 5.91 Å². The van der Waals surface area contributed by atoms with Crippen molar-refractivity contribution in [2.45, 2.75) is 6.42 Å². The Balaban J connectivity index is 2.10. The fourth-order valence-corrected chi connectivity index (χ4v) is 1.50. The van der Waals surface area contributed by atoms with Gasteiger partial charge in [0.15, 0.2) is 0 Å². The summed E-state index contributed by atoms with van der Waals surface area (Å²) in [6, 6.07) is 9.22. The van der Waals surface area contributed by atoms with Crippen LogP contribution in [-0.4, -0.2) is 23.3 Å². The number of carbonyl (C=O) groups excluding carboxylic acids is 2. The van der Waals surface area contributed by atoms with Crippen molar-refractivity contribution in [1.82, 2.24) is 4.90 Å². The van der Waals surface area contributed by atoms with Crippen LogP contribution < -0.4 is 0 Å². The first kappa shape index (κ1) is 11.2. The van der Waals surface area contributed by atoms with E-state index in [0.29, 0.717) is 13.0 Å². The van der Waals surface area contributed by atoms with Crippen LogP contribution in [0, 0.1) is 11.8 Å². The molecule has 0 unspecified atom stereocenters. The van der Waals surface area contributed by atoms with E-state index in [0.717, 1.165) is 10.5 Å². The van der Waals surface area contributed by atoms with Gasteiger partial charge >= 0.3 is 5.91 Å². The van der Waals surface area contributed by atoms with Crippen LogP contribution in [0.25, 0.3) is 0 Å². The molecule has 0 radical (unpaired) electrons. The lowest BCUT2D eigenvalue weighted by Crippen LogP contribution is -2.37. The van der Waals surface area contributed by atoms with Gasteiger partial charge in [-0.15, -0.1) is 0 Å². The predicted octanol–water partition coefficient (Wildman–Crippen LogP) is 1.35. The van der Waals surface area contributed by atoms with Gasteiger partial charge in [-0.3, -0.25) is 14.5 Å². The SMILES string of the molecule is O=C(C#Cc1ccccc1)N1CCC=CC1=O. The maximum atomic E-state index is 11.7. The molecule has 1 heterocycles. The molecular weight excluding hydrogens is 214 g/mol. The smallest absolute Gasteiger partial charge is 0.269 e. The third-order valence-electron chi connectivity index (χ3n) is 2.38. The summed E-state index contributed by atoms with van der Waals surface area (Å²) >= 11 is 0. The average molecular weight is 225 g/mol. The number of rotatable bonds is 0. The van der Waals surface area contributed by atoms with E-state index in [1.54, 1.807) is 6.08 Å². The lowest BCUT2D eigenvalue weighted by atomic mass is 10.2. The average Bonchev–Trinajstić information content (AvgIpc) is 2.38. The van der Waals surface area contributed by atoms with Crippen LogP contribution >= 0.6 is 0 Å². The third-order valence-corrected chi connectivity index (χ3v) is 2.38. The predicted molar refractivity (Wildman–Crippen MR) is 63.8 cm³/mol. The molecule has 0 bridgehead atoms. The van der Waals surface area contributed by atoms with Gasteiger partial charge in [0, 0.05) is 18.0 Å². The lowest BCUT2D eigenvalue weighted by Gasteiger charge is -2.18. The number of hydrogen-bond donors (Lipinski definition) is 0. The minimum atomic E-state index is -0.441. The molecule has 3 heteroatoms. The topological polar surface area (TPSA) is 37.4 Å². The van der Waals surface area contributed by atoms with Crippen LogP contribution in [0.5, 0.6) is 0 Å². The molecule has 1 aliphatic rings. The molecule has 0 saturated carbocycles. The first-order valence-corrected chi connectivity index (χ1v) is 5.36. The summed E-state index contributed by atoms with van der Waals surface area (Å²) in [6.45, 7) is 0.414. The molecule has 2 rings (SSSR count). The summed E-state index contributed by atoms with van der Waals surface area (Å²) in [5.41, 5.74) is 0.765. The number of benzene rings is 1. The zero-order chi connectivity index (χ0) is 12.1. The zero-order valence-electron chi connectivity index (χ0n) is 9.22. The monoisotopic (exact) mass is 225 g/mol. The molecule has 0 saturated heterocycles. The zero-order valence-corrected chi connectivity index (χ0v) is 9.22. The number of imide groups is 1.